The van der Waals surface area contributed by atoms with Crippen molar-refractivity contribution in [3.63, 3.8) is 0 Å². The van der Waals surface area contributed by atoms with E-state index < -0.39 is 111 Å². The van der Waals surface area contributed by atoms with Crippen LogP contribution in [0.1, 0.15) is 107 Å². The second-order valence-corrected chi connectivity index (χ2v) is 28.2. The van der Waals surface area contributed by atoms with Crippen LogP contribution in [0.3, 0.4) is 0 Å². The second kappa shape index (κ2) is 34.4. The molecule has 3 aliphatic rings. The molecule has 2 amide bonds. The number of thioether (sulfide) groups is 2. The van der Waals surface area contributed by atoms with E-state index in [1.807, 2.05) is 102 Å². The summed E-state index contributed by atoms with van der Waals surface area (Å²) in [4.78, 5) is 65.4. The third-order valence-corrected chi connectivity index (χ3v) is 17.9. The molecule has 90 heavy (non-hydrogen) atoms. The van der Waals surface area contributed by atoms with Gasteiger partial charge in [-0.1, -0.05) is 126 Å². The normalized spacial score (nSPS) is 22.3. The highest BCUT2D eigenvalue weighted by Crippen LogP contribution is 2.48. The minimum Gasteiger partial charge on any atom is -0.550 e. The summed E-state index contributed by atoms with van der Waals surface area (Å²) in [6.45, 7) is 15.5. The fourth-order valence-corrected chi connectivity index (χ4v) is 12.4. The van der Waals surface area contributed by atoms with Crippen LogP contribution < -0.4 is 41.0 Å². The number of pyridine rings is 2. The molecule has 7 rings (SSSR count). The minimum atomic E-state index is -5.19. The Morgan fingerprint density at radius 2 is 1.00 bits per heavy atom. The topological polar surface area (TPSA) is 381 Å². The third-order valence-electron chi connectivity index (χ3n) is 12.3. The molecule has 33 heteroatoms. The Bertz CT molecular complexity index is 3130. The molecule has 3 fully saturated rings. The number of alkyl halides is 3. The first-order valence-electron chi connectivity index (χ1n) is 27.6. The Balaban J connectivity index is 0.000000330. The number of aliphatic carboxylic acids is 2. The summed E-state index contributed by atoms with van der Waals surface area (Å²) < 4.78 is 109. The van der Waals surface area contributed by atoms with Crippen molar-refractivity contribution in [3.8, 4) is 0 Å². The van der Waals surface area contributed by atoms with Crippen molar-refractivity contribution in [1.29, 1.82) is 0 Å². The highest BCUT2D eigenvalue weighted by Gasteiger charge is 2.60. The number of ether oxygens (including phenoxy) is 4. The maximum Gasteiger partial charge on any atom is 0.430 e. The maximum absolute atomic E-state index is 13.8. The number of nitrogens with two attached hydrogens (primary N) is 2. The van der Waals surface area contributed by atoms with E-state index in [2.05, 4.69) is 10.2 Å². The third kappa shape index (κ3) is 25.5. The first-order chi connectivity index (χ1) is 41.8. The van der Waals surface area contributed by atoms with Gasteiger partial charge in [-0.2, -0.15) is 22.3 Å². The van der Waals surface area contributed by atoms with Crippen molar-refractivity contribution in [2.75, 3.05) is 37.9 Å². The fourth-order valence-electron chi connectivity index (χ4n) is 7.92. The molecule has 26 nitrogen and oxygen atoms in total. The number of aliphatic hydroxyl groups is 2. The first-order valence-corrected chi connectivity index (χ1v) is 32.7. The molecule has 0 radical (unpaired) electrons. The summed E-state index contributed by atoms with van der Waals surface area (Å²) in [5, 5.41) is 44.5. The predicted molar refractivity (Wildman–Crippen MR) is 315 cm³/mol. The lowest BCUT2D eigenvalue weighted by Crippen LogP contribution is -2.46. The monoisotopic (exact) mass is 1350 g/mol. The number of aliphatic hydroxyl groups excluding tert-OH is 2. The number of carbonyl (C=O) groups excluding carboxylic acids is 6. The number of aromatic nitrogens is 2. The molecule has 10 atom stereocenters. The number of primary amides is 2. The molecule has 498 valence electrons. The molecule has 2 aromatic heterocycles. The summed E-state index contributed by atoms with van der Waals surface area (Å²) in [6, 6.07) is 25.1. The highest BCUT2D eigenvalue weighted by atomic mass is 32.2. The van der Waals surface area contributed by atoms with E-state index >= 15 is 0 Å². The summed E-state index contributed by atoms with van der Waals surface area (Å²) in [5.74, 6) is -5.61. The maximum atomic E-state index is 13.8. The summed E-state index contributed by atoms with van der Waals surface area (Å²) in [5.41, 5.74) is 12.0. The lowest BCUT2D eigenvalue weighted by Gasteiger charge is -2.24. The van der Waals surface area contributed by atoms with E-state index in [0.29, 0.717) is 11.3 Å². The van der Waals surface area contributed by atoms with Crippen LogP contribution in [-0.2, 0) is 78.4 Å². The minimum absolute atomic E-state index is 0.0180. The SMILES string of the molecule is CC(=O)[O-].CC(C)(C)C(=O)SCCOP(=O)(NCc1ccccc1)OCC1OC([n+]2cccc(C(N)=O)c2)C(O)C1O.CC1(C)OC2C(COP(=O)(NCc3ccccc3)OCCSC(=O)C(C)(C)C)OC([n+]3cccc(C(N)=O)c3)C2O1.O=C([O-])C(F)(F)F. The van der Waals surface area contributed by atoms with Gasteiger partial charge >= 0.3 is 21.7 Å². The predicted octanol–water partition coefficient (Wildman–Crippen LogP) is 3.71. The summed E-state index contributed by atoms with van der Waals surface area (Å²) >= 11 is 2.21. The second-order valence-electron chi connectivity index (χ2n) is 22.4. The highest BCUT2D eigenvalue weighted by molar-refractivity contribution is 8.14. The van der Waals surface area contributed by atoms with Crippen molar-refractivity contribution in [2.24, 2.45) is 22.3 Å². The van der Waals surface area contributed by atoms with Gasteiger partial charge in [-0.15, -0.1) is 0 Å². The van der Waals surface area contributed by atoms with Crippen molar-refractivity contribution in [3.05, 3.63) is 132 Å². The van der Waals surface area contributed by atoms with E-state index in [9.17, 15) is 51.7 Å². The van der Waals surface area contributed by atoms with Crippen molar-refractivity contribution in [2.45, 2.75) is 136 Å². The van der Waals surface area contributed by atoms with Crippen molar-refractivity contribution < 1.29 is 118 Å². The fraction of sp³-hybridized carbons (Fsp3) is 0.509. The van der Waals surface area contributed by atoms with Crippen LogP contribution in [0.15, 0.2) is 110 Å². The average molecular weight is 1350 g/mol. The van der Waals surface area contributed by atoms with Gasteiger partial charge in [0.2, 0.25) is 0 Å². The molecule has 2 aromatic carbocycles. The number of rotatable bonds is 24. The van der Waals surface area contributed by atoms with E-state index in [1.165, 1.54) is 16.8 Å². The van der Waals surface area contributed by atoms with E-state index in [0.717, 1.165) is 41.6 Å². The van der Waals surface area contributed by atoms with Crippen LogP contribution in [0.4, 0.5) is 13.2 Å². The van der Waals surface area contributed by atoms with Crippen LogP contribution in [-0.4, -0.2) is 131 Å². The van der Waals surface area contributed by atoms with Gasteiger partial charge < -0.3 is 60.4 Å². The van der Waals surface area contributed by atoms with Crippen molar-refractivity contribution in [1.82, 2.24) is 10.2 Å². The van der Waals surface area contributed by atoms with Gasteiger partial charge in [-0.25, -0.2) is 19.3 Å². The Morgan fingerprint density at radius 1 is 0.622 bits per heavy atom. The number of carboxylic acid groups (broad SMARTS) is 2. The van der Waals surface area contributed by atoms with E-state index in [1.54, 1.807) is 55.2 Å². The molecular weight excluding hydrogens is 1270 g/mol. The molecule has 0 saturated carbocycles. The molecule has 10 unspecified atom stereocenters. The number of nitrogens with zero attached hydrogens (tertiary/aromatic N) is 2. The average Bonchev–Trinajstić information content (AvgIpc) is 1.61. The largest absolute Gasteiger partial charge is 0.550 e. The number of carboxylic acids is 2. The quantitative estimate of drug-likeness (QED) is 0.0331. The number of nitrogens with one attached hydrogen (secondary N) is 2. The molecule has 3 saturated heterocycles. The van der Waals surface area contributed by atoms with Gasteiger partial charge in [0, 0.05) is 53.5 Å². The number of carbonyl (C=O) groups is 6. The molecular formula is C57H77F3N6O20P2S2. The van der Waals surface area contributed by atoms with Crippen LogP contribution in [0.2, 0.25) is 0 Å². The Hall–Kier alpha value is -5.57. The molecule has 5 heterocycles. The molecule has 0 aliphatic carbocycles. The van der Waals surface area contributed by atoms with Gasteiger partial charge in [0.15, 0.2) is 53.0 Å². The zero-order valence-corrected chi connectivity index (χ0v) is 54.2. The summed E-state index contributed by atoms with van der Waals surface area (Å²) in [6.07, 6.45) is -6.07. The van der Waals surface area contributed by atoms with E-state index in [-0.39, 0.29) is 61.1 Å². The van der Waals surface area contributed by atoms with Crippen molar-refractivity contribution >= 4 is 73.0 Å². The van der Waals surface area contributed by atoms with Gasteiger partial charge in [0.05, 0.1) is 26.4 Å². The lowest BCUT2D eigenvalue weighted by atomic mass is 9.99. The number of halogens is 3. The number of amides is 2. The van der Waals surface area contributed by atoms with Gasteiger partial charge in [-0.05, 0) is 44.0 Å². The zero-order chi connectivity index (χ0) is 67.4. The standard InChI is InChI=1S/C28H38N3O8PS.C25H34N3O8PS.C2HF3O2.C2H4O2/c1-27(2,3)26(33)41-15-14-35-40(34,30-16-19-10-7-6-8-11-19)36-18-21-22-23(39-28(4,5)38-22)25(37-21)31-13-9-12-20(17-31)24(29)32;1-25(2,3)24(32)38-13-12-34-37(33,27-14-17-8-5-4-6-9-17)35-16-19-20(29)21(30)23(36-19)28-11-7-10-18(15-28)22(26)31;3-2(4,5)1(6)7;1-2(3)4/h6-13,17,21-23,25H,14-16,18H2,1-5H3,(H2-,29,30,32,34);4-11,15,19-21,23,29-30H,12-14,16H2,1-3H3,(H2-,26,27,31,33);(H,6,7);1H3,(H,3,4). The number of fused-ring (bicyclic) bond motifs is 1. The van der Waals surface area contributed by atoms with Gasteiger partial charge in [0.25, 0.3) is 24.3 Å². The zero-order valence-electron chi connectivity index (χ0n) is 50.8. The van der Waals surface area contributed by atoms with Crippen LogP contribution >= 0.6 is 39.0 Å². The Kier molecular flexibility index (Phi) is 29.4. The Morgan fingerprint density at radius 3 is 1.39 bits per heavy atom. The Labute approximate surface area is 527 Å². The lowest BCUT2D eigenvalue weighted by molar-refractivity contribution is -0.766. The number of benzene rings is 2. The van der Waals surface area contributed by atoms with Gasteiger partial charge in [0.1, 0.15) is 41.5 Å². The molecule has 4 aromatic rings. The molecule has 3 aliphatic heterocycles. The number of hydrogen-bond acceptors (Lipinski definition) is 22. The van der Waals surface area contributed by atoms with Gasteiger partial charge in [-0.3, -0.25) is 37.3 Å². The molecule has 0 spiro atoms. The molecule has 8 N–H and O–H groups in total. The molecule has 0 bridgehead atoms. The smallest absolute Gasteiger partial charge is 0.430 e. The number of hydrogen-bond donors (Lipinski definition) is 6. The van der Waals surface area contributed by atoms with Crippen LogP contribution in [0, 0.1) is 10.8 Å². The van der Waals surface area contributed by atoms with Crippen LogP contribution in [0.25, 0.3) is 0 Å². The summed E-state index contributed by atoms with van der Waals surface area (Å²) in [7, 11) is -7.75. The van der Waals surface area contributed by atoms with E-state index in [4.69, 9.17) is 68.3 Å². The first kappa shape index (κ1) is 76.9. The van der Waals surface area contributed by atoms with Crippen LogP contribution in [0.5, 0.6) is 0 Å².